The monoisotopic (exact) mass is 1570 g/mol. The van der Waals surface area contributed by atoms with Crippen LogP contribution in [0.25, 0.3) is 10.9 Å². The summed E-state index contributed by atoms with van der Waals surface area (Å²) in [6.45, 7) is 13.5. The van der Waals surface area contributed by atoms with Crippen LogP contribution in [-0.2, 0) is 86.4 Å². The van der Waals surface area contributed by atoms with E-state index in [4.69, 9.17) is 11.5 Å². The minimum atomic E-state index is -2.08. The number of fused-ring (bicyclic) bond motifs is 1. The number of H-pyrrole nitrogens is 1. The predicted molar refractivity (Wildman–Crippen MR) is 410 cm³/mol. The average Bonchev–Trinajstić information content (AvgIpc) is 1.60. The van der Waals surface area contributed by atoms with E-state index in [-0.39, 0.29) is 68.2 Å². The summed E-state index contributed by atoms with van der Waals surface area (Å²) in [5, 5.41) is 83.5. The molecule has 604 valence electrons. The van der Waals surface area contributed by atoms with Gasteiger partial charge in [0.05, 0.1) is 25.2 Å². The minimum Gasteiger partial charge on any atom is -0.508 e. The maximum absolute atomic E-state index is 15.0. The summed E-state index contributed by atoms with van der Waals surface area (Å²) >= 11 is 0. The van der Waals surface area contributed by atoms with Crippen LogP contribution in [0.15, 0.2) is 85.1 Å². The number of nitrogens with two attached hydrogens (primary N) is 2. The molecule has 22 N–H and O–H groups in total. The number of unbranched alkanes of at least 4 members (excludes halogenated alkanes) is 1. The van der Waals surface area contributed by atoms with E-state index in [1.165, 1.54) is 24.3 Å². The molecule has 1 aliphatic rings. The largest absolute Gasteiger partial charge is 0.508 e. The number of hydrogen-bond donors (Lipinski definition) is 20. The number of phenolic OH excluding ortho intramolecular Hbond substituents is 1. The van der Waals surface area contributed by atoms with Crippen molar-refractivity contribution in [3.05, 3.63) is 102 Å². The van der Waals surface area contributed by atoms with Crippen LogP contribution in [0.1, 0.15) is 118 Å². The number of aromatic hydroxyl groups is 1. The number of phenols is 1. The van der Waals surface area contributed by atoms with Crippen molar-refractivity contribution in [2.45, 2.75) is 205 Å². The molecular weight excluding hydrogens is 1470 g/mol. The van der Waals surface area contributed by atoms with Gasteiger partial charge in [-0.05, 0) is 97.7 Å². The Kier molecular flexibility index (Phi) is 36.9. The van der Waals surface area contributed by atoms with E-state index in [1.807, 2.05) is 0 Å². The lowest BCUT2D eigenvalue weighted by Gasteiger charge is -2.31. The Bertz CT molecular complexity index is 3810. The van der Waals surface area contributed by atoms with Crippen LogP contribution in [0.4, 0.5) is 0 Å². The number of aliphatic hydroxyl groups excluding tert-OH is 2. The number of aromatic nitrogens is 1. The third-order valence-electron chi connectivity index (χ3n) is 18.3. The van der Waals surface area contributed by atoms with Crippen LogP contribution in [-0.4, -0.2) is 223 Å². The van der Waals surface area contributed by atoms with E-state index in [2.05, 4.69) is 68.8 Å². The molecule has 0 spiro atoms. The molecule has 12 amide bonds. The van der Waals surface area contributed by atoms with Crippen LogP contribution in [0.3, 0.4) is 0 Å². The SMILES string of the molecule is CC[C@H](C)[C@@H]1NC(=O)C(CC(C)C)NC(=O)[C@H](C(C)C)NC(=O)C(Cc2ccc(O)cc2)NC(=O)[C@H](CC(=O)O)NC(=O)C([C@@H](C)O)NC(=O)[C@H](Cc2ccccc2)NC(=O)[C@H](CO)NC(=O)[C@@H](N)CSSC[C@@H](C(=O)O)NC(=O)C(CCCCN)NC(=O)[C@H](C(C)C)NC(=O)C(Cc2c[nH]c3ccccc23)NC1=O. The molecule has 4 aromatic rings. The fourth-order valence-electron chi connectivity index (χ4n) is 11.7. The summed E-state index contributed by atoms with van der Waals surface area (Å²) in [6, 6.07) is -0.334. The standard InChI is InChI=1S/C74H107N15O19S2/c1-10-40(8)60-72(105)82-53(31-44-33-77-48-21-15-14-20-46(44)48)68(101)87-58(38(4)5)70(103)78-49(22-16-17-27-75)63(96)85-56(74(107)108)36-110-109-35-47(76)62(95)84-55(34-90)69(102)80-51(29-42-18-12-11-13-19-42)67(100)89-61(41(9)91)73(106)83-54(32-57(93)94)64(97)79-52(30-43-23-25-45(92)26-24-43)66(99)86-59(39(6)7)71(104)81-50(28-37(2)3)65(98)88-60/h11-15,18-21,23-26,33,37-41,47,49-56,58-61,77,90-92H,10,16-17,22,27-32,34-36,75-76H2,1-9H3,(H,78,103)(H,79,97)(H,80,102)(H,81,104)(H,82,105)(H,83,106)(H,84,95)(H,85,96)(H,86,99)(H,87,101)(H,88,98)(H,89,100)(H,93,94)(H,107,108)/t40-,41+,47-,49?,50?,51-,52?,53?,54-,55-,56-,58-,59-,60-,61?/m0/s1. The number of carbonyl (C=O) groups is 14. The molecule has 3 aromatic carbocycles. The van der Waals surface area contributed by atoms with Gasteiger partial charge in [0, 0.05) is 47.9 Å². The summed E-state index contributed by atoms with van der Waals surface area (Å²) in [4.78, 5) is 202. The second-order valence-electron chi connectivity index (χ2n) is 28.4. The Labute approximate surface area is 645 Å². The van der Waals surface area contributed by atoms with E-state index in [0.29, 0.717) is 34.0 Å². The van der Waals surface area contributed by atoms with Gasteiger partial charge in [-0.1, -0.05) is 144 Å². The van der Waals surface area contributed by atoms with Crippen molar-refractivity contribution in [1.29, 1.82) is 0 Å². The maximum atomic E-state index is 15.0. The van der Waals surface area contributed by atoms with Crippen molar-refractivity contribution in [2.24, 2.45) is 35.1 Å². The van der Waals surface area contributed by atoms with Crippen molar-refractivity contribution in [3.63, 3.8) is 0 Å². The van der Waals surface area contributed by atoms with Gasteiger partial charge in [0.2, 0.25) is 70.9 Å². The molecule has 36 heteroatoms. The third kappa shape index (κ3) is 28.5. The highest BCUT2D eigenvalue weighted by molar-refractivity contribution is 8.76. The van der Waals surface area contributed by atoms with E-state index < -0.39 is 205 Å². The second-order valence-corrected chi connectivity index (χ2v) is 30.9. The normalized spacial score (nSPS) is 25.3. The number of benzene rings is 3. The number of aromatic amines is 1. The highest BCUT2D eigenvalue weighted by atomic mass is 33.1. The van der Waals surface area contributed by atoms with E-state index >= 15 is 4.79 Å². The Balaban J connectivity index is 1.60. The summed E-state index contributed by atoms with van der Waals surface area (Å²) in [7, 11) is 1.78. The summed E-state index contributed by atoms with van der Waals surface area (Å²) in [5.41, 5.74) is 14.0. The number of aliphatic carboxylic acids is 2. The lowest BCUT2D eigenvalue weighted by Crippen LogP contribution is -2.63. The molecule has 5 unspecified atom stereocenters. The van der Waals surface area contributed by atoms with Crippen molar-refractivity contribution < 1.29 is 92.7 Å². The molecule has 5 rings (SSSR count). The Morgan fingerprint density at radius 3 is 1.47 bits per heavy atom. The van der Waals surface area contributed by atoms with Gasteiger partial charge in [-0.25, -0.2) is 4.79 Å². The number of amides is 12. The number of nitrogens with one attached hydrogen (secondary N) is 13. The molecule has 0 radical (unpaired) electrons. The van der Waals surface area contributed by atoms with Gasteiger partial charge in [0.25, 0.3) is 0 Å². The first kappa shape index (κ1) is 90.7. The fourth-order valence-corrected chi connectivity index (χ4v) is 14.0. The van der Waals surface area contributed by atoms with Crippen LogP contribution < -0.4 is 75.3 Å². The lowest BCUT2D eigenvalue weighted by atomic mass is 9.95. The van der Waals surface area contributed by atoms with Crippen molar-refractivity contribution in [1.82, 2.24) is 68.8 Å². The maximum Gasteiger partial charge on any atom is 0.327 e. The molecule has 110 heavy (non-hydrogen) atoms. The Hall–Kier alpha value is -9.88. The van der Waals surface area contributed by atoms with Gasteiger partial charge >= 0.3 is 11.9 Å². The molecule has 1 aromatic heterocycles. The number of aliphatic hydroxyl groups is 2. The van der Waals surface area contributed by atoms with E-state index in [0.717, 1.165) is 28.5 Å². The van der Waals surface area contributed by atoms with Gasteiger partial charge < -0.3 is 106 Å². The Morgan fingerprint density at radius 1 is 0.491 bits per heavy atom. The highest BCUT2D eigenvalue weighted by Gasteiger charge is 2.40. The van der Waals surface area contributed by atoms with Gasteiger partial charge in [-0.3, -0.25) is 62.3 Å². The molecule has 2 heterocycles. The zero-order chi connectivity index (χ0) is 81.6. The van der Waals surface area contributed by atoms with Crippen LogP contribution in [0.2, 0.25) is 0 Å². The quantitative estimate of drug-likeness (QED) is 0.0348. The average molecular weight is 1570 g/mol. The molecule has 1 aliphatic heterocycles. The molecule has 0 bridgehead atoms. The zero-order valence-electron chi connectivity index (χ0n) is 63.1. The molecule has 1 saturated heterocycles. The molecule has 15 atom stereocenters. The van der Waals surface area contributed by atoms with E-state index in [1.54, 1.807) is 116 Å². The van der Waals surface area contributed by atoms with Crippen LogP contribution >= 0.6 is 21.6 Å². The minimum absolute atomic E-state index is 0.0362. The molecule has 0 saturated carbocycles. The number of para-hydroxylation sites is 1. The molecule has 1 fully saturated rings. The molecular formula is C74H107N15O19S2. The van der Waals surface area contributed by atoms with E-state index in [9.17, 15) is 87.9 Å². The number of carboxylic acids is 2. The van der Waals surface area contributed by atoms with Crippen molar-refractivity contribution in [3.8, 4) is 5.75 Å². The number of hydrogen-bond acceptors (Lipinski definition) is 21. The summed E-state index contributed by atoms with van der Waals surface area (Å²) in [5.74, 6) is -18.5. The number of carbonyl (C=O) groups excluding carboxylic acids is 12. The van der Waals surface area contributed by atoms with Gasteiger partial charge in [-0.15, -0.1) is 0 Å². The third-order valence-corrected chi connectivity index (χ3v) is 20.7. The lowest BCUT2D eigenvalue weighted by molar-refractivity contribution is -0.142. The number of rotatable bonds is 21. The fraction of sp³-hybridized carbons (Fsp3) is 0.541. The van der Waals surface area contributed by atoms with Gasteiger partial charge in [0.15, 0.2) is 0 Å². The highest BCUT2D eigenvalue weighted by Crippen LogP contribution is 2.25. The molecule has 0 aliphatic carbocycles. The molecule has 34 nitrogen and oxygen atoms in total. The second kappa shape index (κ2) is 44.7. The topological polar surface area (TPSA) is 552 Å². The smallest absolute Gasteiger partial charge is 0.327 e. The zero-order valence-corrected chi connectivity index (χ0v) is 64.7. The summed E-state index contributed by atoms with van der Waals surface area (Å²) in [6.07, 6.45) is -1.34. The van der Waals surface area contributed by atoms with Crippen LogP contribution in [0, 0.1) is 23.7 Å². The van der Waals surface area contributed by atoms with Gasteiger partial charge in [-0.2, -0.15) is 0 Å². The first-order chi connectivity index (χ1) is 52.0. The van der Waals surface area contributed by atoms with Crippen molar-refractivity contribution >= 4 is 115 Å². The predicted octanol–water partition coefficient (Wildman–Crippen LogP) is -1.09. The number of carboxylic acid groups (broad SMARTS) is 2. The summed E-state index contributed by atoms with van der Waals surface area (Å²) < 4.78 is 0. The van der Waals surface area contributed by atoms with Crippen LogP contribution in [0.5, 0.6) is 5.75 Å². The first-order valence-corrected chi connectivity index (χ1v) is 39.0. The first-order valence-electron chi connectivity index (χ1n) is 36.5. The van der Waals surface area contributed by atoms with Crippen molar-refractivity contribution in [2.75, 3.05) is 24.7 Å². The Morgan fingerprint density at radius 2 is 0.936 bits per heavy atom. The van der Waals surface area contributed by atoms with Gasteiger partial charge in [0.1, 0.15) is 78.3 Å².